The van der Waals surface area contributed by atoms with Crippen molar-refractivity contribution in [3.63, 3.8) is 0 Å². The molecule has 29 heavy (non-hydrogen) atoms. The zero-order valence-corrected chi connectivity index (χ0v) is 17.8. The zero-order valence-electron chi connectivity index (χ0n) is 17.8. The van der Waals surface area contributed by atoms with Gasteiger partial charge in [-0.15, -0.1) is 0 Å². The van der Waals surface area contributed by atoms with Crippen LogP contribution in [0.3, 0.4) is 0 Å². The number of rotatable bonds is 5. The third kappa shape index (κ3) is 4.89. The standard InChI is InChI=1S/C24H33N5/c1-17(2)18-7-9-19(10-8-18)21-16-22(21)28-24(25-3)27-20-11-14-29(15-12-20)23-6-4-5-13-26-23/h4-10,13,17,20-22H,11-12,14-16H2,1-3H3,(H2,25,27,28). The molecule has 1 aliphatic heterocycles. The summed E-state index contributed by atoms with van der Waals surface area (Å²) in [5.74, 6) is 3.20. The Balaban J connectivity index is 1.25. The second kappa shape index (κ2) is 8.85. The number of hydrogen-bond donors (Lipinski definition) is 2. The molecule has 5 nitrogen and oxygen atoms in total. The molecule has 1 aromatic carbocycles. The summed E-state index contributed by atoms with van der Waals surface area (Å²) in [5, 5.41) is 7.27. The van der Waals surface area contributed by atoms with Crippen LogP contribution in [-0.2, 0) is 0 Å². The topological polar surface area (TPSA) is 52.6 Å². The maximum atomic E-state index is 4.47. The summed E-state index contributed by atoms with van der Waals surface area (Å²) >= 11 is 0. The SMILES string of the molecule is CN=C(NC1CCN(c2ccccn2)CC1)NC1CC1c1ccc(C(C)C)cc1. The summed E-state index contributed by atoms with van der Waals surface area (Å²) in [4.78, 5) is 11.3. The minimum atomic E-state index is 0.462. The zero-order chi connectivity index (χ0) is 20.2. The molecule has 2 aliphatic rings. The lowest BCUT2D eigenvalue weighted by molar-refractivity contribution is 0.459. The molecule has 4 rings (SSSR count). The first-order valence-corrected chi connectivity index (χ1v) is 10.9. The second-order valence-electron chi connectivity index (χ2n) is 8.58. The molecule has 2 atom stereocenters. The van der Waals surface area contributed by atoms with Crippen molar-refractivity contribution in [2.45, 2.75) is 57.0 Å². The van der Waals surface area contributed by atoms with E-state index in [1.54, 1.807) is 0 Å². The number of anilines is 1. The Hall–Kier alpha value is -2.56. The maximum Gasteiger partial charge on any atom is 0.191 e. The lowest BCUT2D eigenvalue weighted by Gasteiger charge is -2.33. The van der Waals surface area contributed by atoms with E-state index in [9.17, 15) is 0 Å². The van der Waals surface area contributed by atoms with Gasteiger partial charge in [0, 0.05) is 44.3 Å². The highest BCUT2D eigenvalue weighted by atomic mass is 15.2. The summed E-state index contributed by atoms with van der Waals surface area (Å²) in [6, 6.07) is 16.2. The van der Waals surface area contributed by atoms with Crippen LogP contribution in [0, 0.1) is 0 Å². The Morgan fingerprint density at radius 2 is 1.83 bits per heavy atom. The molecule has 2 heterocycles. The van der Waals surface area contributed by atoms with E-state index >= 15 is 0 Å². The van der Waals surface area contributed by atoms with Gasteiger partial charge in [-0.25, -0.2) is 4.98 Å². The van der Waals surface area contributed by atoms with E-state index in [0.717, 1.165) is 37.7 Å². The highest BCUT2D eigenvalue weighted by Crippen LogP contribution is 2.41. The van der Waals surface area contributed by atoms with E-state index in [-0.39, 0.29) is 0 Å². The van der Waals surface area contributed by atoms with Crippen LogP contribution in [0.2, 0.25) is 0 Å². The largest absolute Gasteiger partial charge is 0.356 e. The van der Waals surface area contributed by atoms with E-state index in [0.29, 0.717) is 23.9 Å². The van der Waals surface area contributed by atoms with Gasteiger partial charge in [-0.2, -0.15) is 0 Å². The first-order chi connectivity index (χ1) is 14.1. The smallest absolute Gasteiger partial charge is 0.191 e. The van der Waals surface area contributed by atoms with Gasteiger partial charge in [0.15, 0.2) is 5.96 Å². The molecule has 154 valence electrons. The van der Waals surface area contributed by atoms with Gasteiger partial charge in [-0.05, 0) is 48.4 Å². The van der Waals surface area contributed by atoms with Gasteiger partial charge in [0.25, 0.3) is 0 Å². The number of aromatic nitrogens is 1. The highest BCUT2D eigenvalue weighted by molar-refractivity contribution is 5.81. The fourth-order valence-corrected chi connectivity index (χ4v) is 4.18. The van der Waals surface area contributed by atoms with Crippen LogP contribution in [0.15, 0.2) is 53.7 Å². The number of pyridine rings is 1. The Labute approximate surface area is 174 Å². The van der Waals surface area contributed by atoms with Crippen molar-refractivity contribution < 1.29 is 0 Å². The first-order valence-electron chi connectivity index (χ1n) is 10.9. The van der Waals surface area contributed by atoms with E-state index in [1.165, 1.54) is 17.5 Å². The number of nitrogens with zero attached hydrogens (tertiary/aromatic N) is 3. The summed E-state index contributed by atoms with van der Waals surface area (Å²) in [7, 11) is 1.87. The molecule has 1 aromatic heterocycles. The average molecular weight is 392 g/mol. The third-order valence-electron chi connectivity index (χ3n) is 6.18. The summed E-state index contributed by atoms with van der Waals surface area (Å²) in [6.07, 6.45) is 5.25. The summed E-state index contributed by atoms with van der Waals surface area (Å²) in [5.41, 5.74) is 2.85. The van der Waals surface area contributed by atoms with Crippen LogP contribution >= 0.6 is 0 Å². The third-order valence-corrected chi connectivity index (χ3v) is 6.18. The second-order valence-corrected chi connectivity index (χ2v) is 8.58. The van der Waals surface area contributed by atoms with Crippen LogP contribution in [0.4, 0.5) is 5.82 Å². The van der Waals surface area contributed by atoms with Gasteiger partial charge in [0.1, 0.15) is 5.82 Å². The number of aliphatic imine (C=N–C) groups is 1. The molecule has 0 bridgehead atoms. The molecule has 2 N–H and O–H groups in total. The van der Waals surface area contributed by atoms with Gasteiger partial charge < -0.3 is 15.5 Å². The molecule has 1 saturated carbocycles. The Kier molecular flexibility index (Phi) is 6.02. The molecule has 0 radical (unpaired) electrons. The van der Waals surface area contributed by atoms with Crippen molar-refractivity contribution >= 4 is 11.8 Å². The number of piperidine rings is 1. The quantitative estimate of drug-likeness (QED) is 0.600. The van der Waals surface area contributed by atoms with Crippen molar-refractivity contribution in [3.8, 4) is 0 Å². The fraction of sp³-hybridized carbons (Fsp3) is 0.500. The van der Waals surface area contributed by atoms with Crippen molar-refractivity contribution in [1.29, 1.82) is 0 Å². The van der Waals surface area contributed by atoms with Gasteiger partial charge in [-0.3, -0.25) is 4.99 Å². The molecule has 1 saturated heterocycles. The molecular formula is C24H33N5. The van der Waals surface area contributed by atoms with Gasteiger partial charge in [-0.1, -0.05) is 44.2 Å². The van der Waals surface area contributed by atoms with Gasteiger partial charge >= 0.3 is 0 Å². The van der Waals surface area contributed by atoms with Crippen LogP contribution in [-0.4, -0.2) is 43.2 Å². The van der Waals surface area contributed by atoms with E-state index in [2.05, 4.69) is 75.8 Å². The summed E-state index contributed by atoms with van der Waals surface area (Å²) < 4.78 is 0. The minimum Gasteiger partial charge on any atom is -0.356 e. The number of hydrogen-bond acceptors (Lipinski definition) is 3. The molecule has 2 unspecified atom stereocenters. The van der Waals surface area contributed by atoms with Crippen LogP contribution < -0.4 is 15.5 Å². The molecule has 0 spiro atoms. The highest BCUT2D eigenvalue weighted by Gasteiger charge is 2.39. The predicted octanol–water partition coefficient (Wildman–Crippen LogP) is 3.89. The normalized spacial score (nSPS) is 22.6. The average Bonchev–Trinajstić information content (AvgIpc) is 3.53. The minimum absolute atomic E-state index is 0.462. The van der Waals surface area contributed by atoms with Gasteiger partial charge in [0.2, 0.25) is 0 Å². The lowest BCUT2D eigenvalue weighted by Crippen LogP contribution is -2.49. The van der Waals surface area contributed by atoms with E-state index in [1.807, 2.05) is 19.3 Å². The first kappa shape index (κ1) is 19.7. The van der Waals surface area contributed by atoms with Crippen molar-refractivity contribution in [1.82, 2.24) is 15.6 Å². The van der Waals surface area contributed by atoms with Crippen molar-refractivity contribution in [2.75, 3.05) is 25.0 Å². The Morgan fingerprint density at radius 3 is 2.45 bits per heavy atom. The van der Waals surface area contributed by atoms with Crippen LogP contribution in [0.25, 0.3) is 0 Å². The molecule has 0 amide bonds. The number of guanidine groups is 1. The fourth-order valence-electron chi connectivity index (χ4n) is 4.18. The Morgan fingerprint density at radius 1 is 1.07 bits per heavy atom. The van der Waals surface area contributed by atoms with Gasteiger partial charge in [0.05, 0.1) is 0 Å². The number of benzene rings is 1. The van der Waals surface area contributed by atoms with Crippen LogP contribution in [0.5, 0.6) is 0 Å². The molecule has 2 aromatic rings. The van der Waals surface area contributed by atoms with Crippen molar-refractivity contribution in [2.24, 2.45) is 4.99 Å². The van der Waals surface area contributed by atoms with E-state index < -0.39 is 0 Å². The van der Waals surface area contributed by atoms with E-state index in [4.69, 9.17) is 0 Å². The molecule has 5 heteroatoms. The molecule has 1 aliphatic carbocycles. The monoisotopic (exact) mass is 391 g/mol. The maximum absolute atomic E-state index is 4.47. The Bertz CT molecular complexity index is 807. The number of nitrogens with one attached hydrogen (secondary N) is 2. The van der Waals surface area contributed by atoms with Crippen LogP contribution in [0.1, 0.15) is 56.1 Å². The predicted molar refractivity (Wildman–Crippen MR) is 121 cm³/mol. The lowest BCUT2D eigenvalue weighted by atomic mass is 10.0. The summed E-state index contributed by atoms with van der Waals surface area (Å²) in [6.45, 7) is 6.54. The van der Waals surface area contributed by atoms with Crippen molar-refractivity contribution in [3.05, 3.63) is 59.8 Å². The molecule has 2 fully saturated rings. The molecular weight excluding hydrogens is 358 g/mol.